The summed E-state index contributed by atoms with van der Waals surface area (Å²) in [7, 11) is 11.6. The van der Waals surface area contributed by atoms with Crippen LogP contribution in [0, 0.1) is 6.92 Å². The Morgan fingerprint density at radius 3 is 1.99 bits per heavy atom. The number of carbonyl (C=O) groups excluding carboxylic acids is 2. The Morgan fingerprint density at radius 1 is 0.786 bits per heavy atom. The number of aryl methyl sites for hydroxylation is 1. The molecule has 0 saturated carbocycles. The van der Waals surface area contributed by atoms with Crippen LogP contribution in [0.25, 0.3) is 0 Å². The fourth-order valence-corrected chi connectivity index (χ4v) is 10.4. The molecule has 0 amide bonds. The summed E-state index contributed by atoms with van der Waals surface area (Å²) in [6.07, 6.45) is 13.9. The van der Waals surface area contributed by atoms with Crippen molar-refractivity contribution in [2.24, 2.45) is 0 Å². The zero-order valence-corrected chi connectivity index (χ0v) is 45.5. The van der Waals surface area contributed by atoms with Crippen LogP contribution in [0.5, 0.6) is 0 Å². The first kappa shape index (κ1) is 56.3. The molecule has 0 fully saturated rings. The molecule has 0 radical (unpaired) electrons. The van der Waals surface area contributed by atoms with Gasteiger partial charge in [0.05, 0.1) is 126 Å². The Labute approximate surface area is 419 Å². The third kappa shape index (κ3) is 14.7. The van der Waals surface area contributed by atoms with Crippen molar-refractivity contribution in [3.05, 3.63) is 99.9 Å². The van der Waals surface area contributed by atoms with Gasteiger partial charge < -0.3 is 37.7 Å². The number of ether oxygens (including phenoxy) is 4. The number of hydrogen-bond donors (Lipinski definition) is 1. The summed E-state index contributed by atoms with van der Waals surface area (Å²) in [6.45, 7) is 16.8. The summed E-state index contributed by atoms with van der Waals surface area (Å²) < 4.78 is 61.1. The van der Waals surface area contributed by atoms with Gasteiger partial charge in [0, 0.05) is 66.3 Å². The van der Waals surface area contributed by atoms with Gasteiger partial charge in [0.15, 0.2) is 12.3 Å². The van der Waals surface area contributed by atoms with Crippen LogP contribution < -0.4 is 4.90 Å². The highest BCUT2D eigenvalue weighted by molar-refractivity contribution is 7.85. The molecule has 0 bridgehead atoms. The second kappa shape index (κ2) is 23.7. The molecule has 0 unspecified atom stereocenters. The number of nitrogens with zero attached hydrogens (tertiary/aromatic N) is 5. The van der Waals surface area contributed by atoms with Gasteiger partial charge in [-0.1, -0.05) is 37.6 Å². The van der Waals surface area contributed by atoms with Gasteiger partial charge in [-0.15, -0.1) is 0 Å². The van der Waals surface area contributed by atoms with E-state index in [1.54, 1.807) is 6.07 Å². The zero-order valence-electron chi connectivity index (χ0n) is 44.7. The lowest BCUT2D eigenvalue weighted by Crippen LogP contribution is -2.37. The molecule has 2 aromatic carbocycles. The minimum Gasteiger partial charge on any atom is -0.469 e. The molecular formula is C55H84N5O9S+3. The van der Waals surface area contributed by atoms with E-state index in [1.807, 2.05) is 6.07 Å². The summed E-state index contributed by atoms with van der Waals surface area (Å²) in [5, 5.41) is 0. The molecule has 0 spiro atoms. The van der Waals surface area contributed by atoms with Crippen LogP contribution in [0.2, 0.25) is 0 Å². The quantitative estimate of drug-likeness (QED) is 0.0343. The Morgan fingerprint density at radius 2 is 1.40 bits per heavy atom. The van der Waals surface area contributed by atoms with E-state index in [4.69, 9.17) is 18.9 Å². The number of rotatable bonds is 25. The monoisotopic (exact) mass is 991 g/mol. The number of fused-ring (bicyclic) bond motifs is 2. The minimum atomic E-state index is -4.43. The maximum Gasteiger partial charge on any atom is 0.307 e. The van der Waals surface area contributed by atoms with Crippen molar-refractivity contribution in [1.29, 1.82) is 0 Å². The van der Waals surface area contributed by atoms with Crippen LogP contribution in [-0.2, 0) is 49.5 Å². The van der Waals surface area contributed by atoms with Gasteiger partial charge >= 0.3 is 11.9 Å². The predicted octanol–water partition coefficient (Wildman–Crippen LogP) is 7.87. The van der Waals surface area contributed by atoms with Crippen LogP contribution >= 0.6 is 0 Å². The maximum absolute atomic E-state index is 12.4. The Hall–Kier alpha value is -4.64. The van der Waals surface area contributed by atoms with Gasteiger partial charge in [-0.2, -0.15) is 13.0 Å². The lowest BCUT2D eigenvalue weighted by molar-refractivity contribution is -0.871. The fraction of sp³-hybridized carbons (Fsp3) is 0.582. The Balaban J connectivity index is 1.68. The van der Waals surface area contributed by atoms with Crippen molar-refractivity contribution >= 4 is 39.1 Å². The summed E-state index contributed by atoms with van der Waals surface area (Å²) in [5.74, 6) is -0.657. The van der Waals surface area contributed by atoms with E-state index in [2.05, 4.69) is 134 Å². The molecule has 15 heteroatoms. The summed E-state index contributed by atoms with van der Waals surface area (Å²) in [6, 6.07) is 11.8. The van der Waals surface area contributed by atoms with E-state index in [9.17, 15) is 22.6 Å². The highest BCUT2D eigenvalue weighted by Crippen LogP contribution is 2.49. The minimum absolute atomic E-state index is 0.120. The first-order valence-electron chi connectivity index (χ1n) is 24.9. The average molecular weight is 991 g/mol. The van der Waals surface area contributed by atoms with E-state index < -0.39 is 15.5 Å². The standard InChI is InChI=1S/C55H83N5O9S/c1-41-19-23-47-45(39-41)54(2,3)49(57(47)29-15-33-59(6,7)8)25-20-42-17-14-18-43(53(42)56(31-37-68-35-27-51(61)66-12)32-38-69-36-28-52(62)67-13)21-26-50-55(4,5)46-40-44(70(63,64)65)22-24-48(46)58(50)30-16-34-60(9,10)11/h19-26,39-40H,14-18,27-38H2,1-13H3/q+2/p+1. The lowest BCUT2D eigenvalue weighted by atomic mass is 9.80. The van der Waals surface area contributed by atoms with Gasteiger partial charge in [0.25, 0.3) is 10.1 Å². The fourth-order valence-electron chi connectivity index (χ4n) is 9.90. The first-order chi connectivity index (χ1) is 32.8. The highest BCUT2D eigenvalue weighted by Gasteiger charge is 2.45. The lowest BCUT2D eigenvalue weighted by Gasteiger charge is -2.34. The van der Waals surface area contributed by atoms with Crippen LogP contribution in [0.4, 0.5) is 11.4 Å². The largest absolute Gasteiger partial charge is 0.469 e. The van der Waals surface area contributed by atoms with E-state index >= 15 is 0 Å². The second-order valence-electron chi connectivity index (χ2n) is 22.0. The third-order valence-electron chi connectivity index (χ3n) is 13.7. The first-order valence-corrected chi connectivity index (χ1v) is 26.4. The van der Waals surface area contributed by atoms with Gasteiger partial charge in [-0.3, -0.25) is 14.1 Å². The van der Waals surface area contributed by atoms with Gasteiger partial charge in [-0.25, -0.2) is 0 Å². The molecule has 70 heavy (non-hydrogen) atoms. The van der Waals surface area contributed by atoms with E-state index in [0.717, 1.165) is 95.5 Å². The molecular weight excluding hydrogens is 907 g/mol. The Bertz CT molecular complexity index is 2440. The molecule has 2 aromatic rings. The normalized spacial score (nSPS) is 18.1. The van der Waals surface area contributed by atoms with Gasteiger partial charge in [0.1, 0.15) is 0 Å². The van der Waals surface area contributed by atoms with Crippen molar-refractivity contribution in [2.45, 2.75) is 95.3 Å². The van der Waals surface area contributed by atoms with Crippen molar-refractivity contribution in [3.63, 3.8) is 0 Å². The Kier molecular flexibility index (Phi) is 19.1. The molecule has 0 aromatic heterocycles. The van der Waals surface area contributed by atoms with Crippen molar-refractivity contribution in [1.82, 2.24) is 4.90 Å². The number of esters is 2. The third-order valence-corrected chi connectivity index (χ3v) is 14.5. The number of hydrogen-bond acceptors (Lipinski definition) is 10. The smallest absolute Gasteiger partial charge is 0.307 e. The van der Waals surface area contributed by atoms with E-state index in [-0.39, 0.29) is 48.3 Å². The molecule has 2 heterocycles. The van der Waals surface area contributed by atoms with Crippen molar-refractivity contribution < 1.29 is 55.0 Å². The number of quaternary nitrogens is 2. The SMILES string of the molecule is COC(=O)CCOCCN(CCOCCC(=O)OC)C1=C(/C=C/C2=[N+](CCC[N+](C)(C)C)c3ccc(C)cc3C2(C)C)CCC/C1=C\C=C1\N(CCC[N+](C)(C)C)c2ccc(S(=O)(=O)O)cc2C1(C)C. The predicted molar refractivity (Wildman–Crippen MR) is 278 cm³/mol. The molecule has 386 valence electrons. The van der Waals surface area contributed by atoms with E-state index in [1.165, 1.54) is 48.4 Å². The highest BCUT2D eigenvalue weighted by atomic mass is 32.2. The molecule has 5 rings (SSSR count). The average Bonchev–Trinajstić information content (AvgIpc) is 3.62. The molecule has 3 aliphatic rings. The second-order valence-corrected chi connectivity index (χ2v) is 23.4. The number of anilines is 1. The van der Waals surface area contributed by atoms with E-state index in [0.29, 0.717) is 26.3 Å². The van der Waals surface area contributed by atoms with Gasteiger partial charge in [-0.05, 0) is 87.1 Å². The topological polar surface area (TPSA) is 135 Å². The zero-order chi connectivity index (χ0) is 51.7. The molecule has 1 N–H and O–H groups in total. The summed E-state index contributed by atoms with van der Waals surface area (Å²) in [5.41, 5.74) is 10.5. The molecule has 2 aliphatic heterocycles. The van der Waals surface area contributed by atoms with Crippen LogP contribution in [0.3, 0.4) is 0 Å². The summed E-state index contributed by atoms with van der Waals surface area (Å²) >= 11 is 0. The number of benzene rings is 2. The molecule has 1 aliphatic carbocycles. The number of carbonyl (C=O) groups is 2. The molecule has 0 atom stereocenters. The van der Waals surface area contributed by atoms with Gasteiger partial charge in [0.2, 0.25) is 5.69 Å². The maximum atomic E-state index is 12.4. The van der Waals surface area contributed by atoms with Crippen LogP contribution in [0.15, 0.2) is 88.1 Å². The molecule has 14 nitrogen and oxygen atoms in total. The van der Waals surface area contributed by atoms with Crippen molar-refractivity contribution in [2.75, 3.05) is 127 Å². The number of methoxy groups -OCH3 is 2. The molecule has 0 saturated heterocycles. The van der Waals surface area contributed by atoms with Crippen molar-refractivity contribution in [3.8, 4) is 0 Å². The van der Waals surface area contributed by atoms with Crippen LogP contribution in [0.1, 0.15) is 89.3 Å². The van der Waals surface area contributed by atoms with Crippen LogP contribution in [-0.4, -0.2) is 171 Å². The summed E-state index contributed by atoms with van der Waals surface area (Å²) in [4.78, 5) is 28.5. The number of allylic oxidation sites excluding steroid dienone is 7.